The van der Waals surface area contributed by atoms with Crippen LogP contribution in [0.4, 0.5) is 10.1 Å². The van der Waals surface area contributed by atoms with Gasteiger partial charge in [0, 0.05) is 24.8 Å². The van der Waals surface area contributed by atoms with Crippen LogP contribution in [0.2, 0.25) is 0 Å². The van der Waals surface area contributed by atoms with Crippen molar-refractivity contribution in [3.8, 4) is 0 Å². The molecule has 1 fully saturated rings. The van der Waals surface area contributed by atoms with E-state index in [1.807, 2.05) is 12.1 Å². The predicted octanol–water partition coefficient (Wildman–Crippen LogP) is 3.10. The summed E-state index contributed by atoms with van der Waals surface area (Å²) in [6.07, 6.45) is 3.48. The summed E-state index contributed by atoms with van der Waals surface area (Å²) in [5, 5.41) is 3.56. The van der Waals surface area contributed by atoms with Gasteiger partial charge in [-0.05, 0) is 50.4 Å². The Labute approximate surface area is 109 Å². The van der Waals surface area contributed by atoms with Crippen LogP contribution in [0.1, 0.15) is 31.7 Å². The van der Waals surface area contributed by atoms with Crippen molar-refractivity contribution in [1.82, 2.24) is 5.32 Å². The minimum atomic E-state index is -0.0984. The molecule has 0 saturated carbocycles. The lowest BCUT2D eigenvalue weighted by Crippen LogP contribution is -2.42. The van der Waals surface area contributed by atoms with Crippen LogP contribution in [-0.4, -0.2) is 25.7 Å². The molecule has 18 heavy (non-hydrogen) atoms. The van der Waals surface area contributed by atoms with Gasteiger partial charge in [0.2, 0.25) is 0 Å². The first kappa shape index (κ1) is 13.3. The highest BCUT2D eigenvalue weighted by atomic mass is 19.1. The molecule has 0 bridgehead atoms. The molecule has 1 aliphatic heterocycles. The fraction of sp³-hybridized carbons (Fsp3) is 0.600. The van der Waals surface area contributed by atoms with E-state index in [9.17, 15) is 4.39 Å². The Bertz CT molecular complexity index is 384. The molecule has 2 nitrogen and oxygen atoms in total. The molecule has 1 aromatic carbocycles. The SMILES string of the molecule is CCCNC1CCN(c2ccc(C)c(F)c2)CC1. The Kier molecular flexibility index (Phi) is 4.59. The number of halogens is 1. The maximum atomic E-state index is 13.5. The number of hydrogen-bond acceptors (Lipinski definition) is 2. The number of hydrogen-bond donors (Lipinski definition) is 1. The molecular formula is C15H23FN2. The lowest BCUT2D eigenvalue weighted by atomic mass is 10.0. The molecule has 2 rings (SSSR count). The van der Waals surface area contributed by atoms with Crippen LogP contribution in [0, 0.1) is 12.7 Å². The summed E-state index contributed by atoms with van der Waals surface area (Å²) in [4.78, 5) is 2.28. The number of piperidine rings is 1. The monoisotopic (exact) mass is 250 g/mol. The van der Waals surface area contributed by atoms with Crippen LogP contribution in [-0.2, 0) is 0 Å². The van der Waals surface area contributed by atoms with E-state index in [0.29, 0.717) is 6.04 Å². The van der Waals surface area contributed by atoms with Gasteiger partial charge in [0.25, 0.3) is 0 Å². The topological polar surface area (TPSA) is 15.3 Å². The first-order valence-corrected chi connectivity index (χ1v) is 6.95. The quantitative estimate of drug-likeness (QED) is 0.883. The third-order valence-corrected chi connectivity index (χ3v) is 3.70. The van der Waals surface area contributed by atoms with Gasteiger partial charge in [0.1, 0.15) is 5.82 Å². The molecule has 0 spiro atoms. The Morgan fingerprint density at radius 3 is 2.67 bits per heavy atom. The van der Waals surface area contributed by atoms with Gasteiger partial charge in [-0.1, -0.05) is 13.0 Å². The number of anilines is 1. The lowest BCUT2D eigenvalue weighted by Gasteiger charge is -2.34. The first-order valence-electron chi connectivity index (χ1n) is 6.95. The first-order chi connectivity index (χ1) is 8.70. The molecule has 3 heteroatoms. The summed E-state index contributed by atoms with van der Waals surface area (Å²) >= 11 is 0. The van der Waals surface area contributed by atoms with E-state index < -0.39 is 0 Å². The molecule has 1 heterocycles. The third-order valence-electron chi connectivity index (χ3n) is 3.70. The minimum absolute atomic E-state index is 0.0984. The Balaban J connectivity index is 1.90. The largest absolute Gasteiger partial charge is 0.371 e. The van der Waals surface area contributed by atoms with Crippen molar-refractivity contribution in [1.29, 1.82) is 0 Å². The second kappa shape index (κ2) is 6.19. The van der Waals surface area contributed by atoms with Crippen LogP contribution in [0.3, 0.4) is 0 Å². The Hall–Kier alpha value is -1.09. The van der Waals surface area contributed by atoms with Crippen molar-refractivity contribution in [2.24, 2.45) is 0 Å². The molecule has 1 aliphatic rings. The molecule has 0 aliphatic carbocycles. The van der Waals surface area contributed by atoms with Crippen molar-refractivity contribution >= 4 is 5.69 Å². The van der Waals surface area contributed by atoms with Crippen molar-refractivity contribution < 1.29 is 4.39 Å². The zero-order chi connectivity index (χ0) is 13.0. The van der Waals surface area contributed by atoms with Gasteiger partial charge < -0.3 is 10.2 Å². The summed E-state index contributed by atoms with van der Waals surface area (Å²) < 4.78 is 13.5. The zero-order valence-corrected chi connectivity index (χ0v) is 11.4. The standard InChI is InChI=1S/C15H23FN2/c1-3-8-17-13-6-9-18(10-7-13)14-5-4-12(2)15(16)11-14/h4-5,11,13,17H,3,6-10H2,1-2H3. The van der Waals surface area contributed by atoms with Gasteiger partial charge in [-0.3, -0.25) is 0 Å². The van der Waals surface area contributed by atoms with Gasteiger partial charge in [-0.2, -0.15) is 0 Å². The molecule has 1 aromatic rings. The Morgan fingerprint density at radius 1 is 1.33 bits per heavy atom. The summed E-state index contributed by atoms with van der Waals surface area (Å²) in [6, 6.07) is 6.19. The molecule has 1 N–H and O–H groups in total. The fourth-order valence-corrected chi connectivity index (χ4v) is 2.47. The van der Waals surface area contributed by atoms with E-state index in [0.717, 1.165) is 43.7 Å². The summed E-state index contributed by atoms with van der Waals surface area (Å²) in [7, 11) is 0. The van der Waals surface area contributed by atoms with E-state index in [4.69, 9.17) is 0 Å². The highest BCUT2D eigenvalue weighted by molar-refractivity contribution is 5.48. The van der Waals surface area contributed by atoms with E-state index in [2.05, 4.69) is 17.1 Å². The van der Waals surface area contributed by atoms with Crippen molar-refractivity contribution in [2.45, 2.75) is 39.2 Å². The normalized spacial score (nSPS) is 17.2. The number of rotatable bonds is 4. The number of benzene rings is 1. The second-order valence-corrected chi connectivity index (χ2v) is 5.15. The van der Waals surface area contributed by atoms with Crippen molar-refractivity contribution in [2.75, 3.05) is 24.5 Å². The average molecular weight is 250 g/mol. The second-order valence-electron chi connectivity index (χ2n) is 5.15. The van der Waals surface area contributed by atoms with Crippen LogP contribution < -0.4 is 10.2 Å². The average Bonchev–Trinajstić information content (AvgIpc) is 2.40. The maximum Gasteiger partial charge on any atom is 0.128 e. The zero-order valence-electron chi connectivity index (χ0n) is 11.4. The summed E-state index contributed by atoms with van der Waals surface area (Å²) in [5.74, 6) is -0.0984. The van der Waals surface area contributed by atoms with Gasteiger partial charge >= 0.3 is 0 Å². The molecule has 0 amide bonds. The Morgan fingerprint density at radius 2 is 2.06 bits per heavy atom. The molecule has 0 atom stereocenters. The molecular weight excluding hydrogens is 227 g/mol. The molecule has 100 valence electrons. The van der Waals surface area contributed by atoms with Gasteiger partial charge in [0.15, 0.2) is 0 Å². The number of nitrogens with one attached hydrogen (secondary N) is 1. The minimum Gasteiger partial charge on any atom is -0.371 e. The van der Waals surface area contributed by atoms with E-state index >= 15 is 0 Å². The van der Waals surface area contributed by atoms with E-state index in [1.54, 1.807) is 13.0 Å². The van der Waals surface area contributed by atoms with Crippen LogP contribution in [0.5, 0.6) is 0 Å². The van der Waals surface area contributed by atoms with Gasteiger partial charge in [-0.25, -0.2) is 4.39 Å². The number of nitrogens with zero attached hydrogens (tertiary/aromatic N) is 1. The summed E-state index contributed by atoms with van der Waals surface area (Å²) in [6.45, 7) is 7.13. The lowest BCUT2D eigenvalue weighted by molar-refractivity contribution is 0.415. The highest BCUT2D eigenvalue weighted by Crippen LogP contribution is 2.22. The van der Waals surface area contributed by atoms with Crippen LogP contribution in [0.15, 0.2) is 18.2 Å². The summed E-state index contributed by atoms with van der Waals surface area (Å²) in [5.41, 5.74) is 1.74. The van der Waals surface area contributed by atoms with Crippen LogP contribution >= 0.6 is 0 Å². The molecule has 0 unspecified atom stereocenters. The van der Waals surface area contributed by atoms with Crippen molar-refractivity contribution in [3.05, 3.63) is 29.6 Å². The van der Waals surface area contributed by atoms with E-state index in [-0.39, 0.29) is 5.82 Å². The van der Waals surface area contributed by atoms with Crippen molar-refractivity contribution in [3.63, 3.8) is 0 Å². The van der Waals surface area contributed by atoms with Crippen LogP contribution in [0.25, 0.3) is 0 Å². The van der Waals surface area contributed by atoms with Gasteiger partial charge in [-0.15, -0.1) is 0 Å². The van der Waals surface area contributed by atoms with E-state index in [1.165, 1.54) is 6.42 Å². The highest BCUT2D eigenvalue weighted by Gasteiger charge is 2.19. The predicted molar refractivity (Wildman–Crippen MR) is 74.7 cm³/mol. The smallest absolute Gasteiger partial charge is 0.128 e. The maximum absolute atomic E-state index is 13.5. The third kappa shape index (κ3) is 3.22. The molecule has 0 aromatic heterocycles. The number of aryl methyl sites for hydroxylation is 1. The van der Waals surface area contributed by atoms with Gasteiger partial charge in [0.05, 0.1) is 0 Å². The molecule has 0 radical (unpaired) electrons. The molecule has 1 saturated heterocycles. The fourth-order valence-electron chi connectivity index (χ4n) is 2.47.